The fraction of sp³-hybridized carbons (Fsp3) is 0.600. The summed E-state index contributed by atoms with van der Waals surface area (Å²) in [5, 5.41) is 12.3. The van der Waals surface area contributed by atoms with Crippen molar-refractivity contribution < 1.29 is 24.3 Å². The molecule has 3 rings (SSSR count). The van der Waals surface area contributed by atoms with Gasteiger partial charge < -0.3 is 26.0 Å². The summed E-state index contributed by atoms with van der Waals surface area (Å²) in [6.07, 6.45) is 2.94. The fourth-order valence-electron chi connectivity index (χ4n) is 4.91. The van der Waals surface area contributed by atoms with Gasteiger partial charge >= 0.3 is 5.97 Å². The highest BCUT2D eigenvalue weighted by atomic mass is 16.4. The molecule has 1 aromatic rings. The lowest BCUT2D eigenvalue weighted by atomic mass is 10.0. The molecule has 4 unspecified atom stereocenters. The number of rotatable bonds is 9. The van der Waals surface area contributed by atoms with Crippen LogP contribution in [0.3, 0.4) is 0 Å². The first kappa shape index (κ1) is 25.7. The number of carboxylic acid groups (broad SMARTS) is 1. The quantitative estimate of drug-likeness (QED) is 0.494. The highest BCUT2D eigenvalue weighted by Gasteiger charge is 2.43. The van der Waals surface area contributed by atoms with Gasteiger partial charge in [-0.15, -0.1) is 0 Å². The van der Waals surface area contributed by atoms with Gasteiger partial charge in [0.05, 0.1) is 6.04 Å². The Kier molecular flexibility index (Phi) is 8.66. The molecule has 9 heteroatoms. The predicted octanol–water partition coefficient (Wildman–Crippen LogP) is 1.15. The zero-order valence-electron chi connectivity index (χ0n) is 20.0. The number of hydrogen-bond acceptors (Lipinski definition) is 5. The van der Waals surface area contributed by atoms with Gasteiger partial charge in [-0.25, -0.2) is 4.79 Å². The highest BCUT2D eigenvalue weighted by molar-refractivity contribution is 5.94. The van der Waals surface area contributed by atoms with Gasteiger partial charge in [0.2, 0.25) is 17.7 Å². The number of nitrogens with one attached hydrogen (secondary N) is 1. The van der Waals surface area contributed by atoms with Gasteiger partial charge in [0, 0.05) is 19.5 Å². The monoisotopic (exact) mass is 472 g/mol. The molecule has 9 nitrogen and oxygen atoms in total. The summed E-state index contributed by atoms with van der Waals surface area (Å²) >= 11 is 0. The number of hydrogen-bond donors (Lipinski definition) is 3. The van der Waals surface area contributed by atoms with E-state index in [0.29, 0.717) is 45.2 Å². The first-order valence-electron chi connectivity index (χ1n) is 12.1. The Balaban J connectivity index is 1.78. The summed E-state index contributed by atoms with van der Waals surface area (Å²) in [5.41, 5.74) is 6.94. The van der Waals surface area contributed by atoms with E-state index in [1.807, 2.05) is 44.2 Å². The van der Waals surface area contributed by atoms with Gasteiger partial charge in [0.1, 0.15) is 18.1 Å². The van der Waals surface area contributed by atoms with Gasteiger partial charge in [-0.3, -0.25) is 14.4 Å². The number of benzene rings is 1. The molecule has 2 heterocycles. The van der Waals surface area contributed by atoms with Crippen molar-refractivity contribution in [3.63, 3.8) is 0 Å². The lowest BCUT2D eigenvalue weighted by Crippen LogP contribution is -2.57. The van der Waals surface area contributed by atoms with Crippen LogP contribution < -0.4 is 11.1 Å². The van der Waals surface area contributed by atoms with E-state index in [2.05, 4.69) is 5.32 Å². The maximum absolute atomic E-state index is 13.7. The van der Waals surface area contributed by atoms with Crippen LogP contribution in [0, 0.1) is 5.92 Å². The minimum absolute atomic E-state index is 0.229. The third-order valence-corrected chi connectivity index (χ3v) is 6.60. The van der Waals surface area contributed by atoms with E-state index >= 15 is 0 Å². The van der Waals surface area contributed by atoms with Crippen molar-refractivity contribution in [2.45, 2.75) is 76.5 Å². The van der Waals surface area contributed by atoms with Gasteiger partial charge in [-0.1, -0.05) is 44.2 Å². The number of nitrogens with two attached hydrogens (primary N) is 1. The molecule has 0 saturated carbocycles. The topological polar surface area (TPSA) is 133 Å². The smallest absolute Gasteiger partial charge is 0.326 e. The summed E-state index contributed by atoms with van der Waals surface area (Å²) in [7, 11) is 0. The van der Waals surface area contributed by atoms with Crippen LogP contribution in [-0.2, 0) is 25.6 Å². The summed E-state index contributed by atoms with van der Waals surface area (Å²) in [6, 6.07) is 6.21. The molecule has 34 heavy (non-hydrogen) atoms. The van der Waals surface area contributed by atoms with E-state index in [0.717, 1.165) is 5.56 Å². The van der Waals surface area contributed by atoms with Gasteiger partial charge in [0.25, 0.3) is 0 Å². The molecular formula is C25H36N4O5. The molecule has 0 aliphatic carbocycles. The van der Waals surface area contributed by atoms with Crippen molar-refractivity contribution >= 4 is 23.7 Å². The van der Waals surface area contributed by atoms with E-state index in [1.54, 1.807) is 0 Å². The third-order valence-electron chi connectivity index (χ3n) is 6.60. The lowest BCUT2D eigenvalue weighted by Gasteiger charge is -2.32. The highest BCUT2D eigenvalue weighted by Crippen LogP contribution is 2.26. The molecule has 0 radical (unpaired) electrons. The third kappa shape index (κ3) is 6.14. The number of likely N-dealkylation sites (tertiary alicyclic amines) is 2. The van der Waals surface area contributed by atoms with E-state index in [9.17, 15) is 24.3 Å². The molecular weight excluding hydrogens is 436 g/mol. The first-order valence-corrected chi connectivity index (χ1v) is 12.1. The number of carbonyl (C=O) groups is 4. The normalized spacial score (nSPS) is 22.0. The molecule has 2 aliphatic rings. The summed E-state index contributed by atoms with van der Waals surface area (Å²) in [6.45, 7) is 4.72. The number of carbonyl (C=O) groups excluding carboxylic acids is 3. The number of carboxylic acids is 1. The molecule has 3 amide bonds. The van der Waals surface area contributed by atoms with Crippen molar-refractivity contribution in [3.05, 3.63) is 35.9 Å². The number of aliphatic carboxylic acids is 1. The molecule has 0 bridgehead atoms. The van der Waals surface area contributed by atoms with Crippen molar-refractivity contribution in [2.24, 2.45) is 11.7 Å². The molecule has 186 valence electrons. The maximum atomic E-state index is 13.7. The van der Waals surface area contributed by atoms with Crippen molar-refractivity contribution in [1.82, 2.24) is 15.1 Å². The second kappa shape index (κ2) is 11.5. The molecule has 2 fully saturated rings. The van der Waals surface area contributed by atoms with Crippen LogP contribution >= 0.6 is 0 Å². The van der Waals surface area contributed by atoms with Crippen LogP contribution in [0.2, 0.25) is 0 Å². The average molecular weight is 473 g/mol. The Labute approximate surface area is 200 Å². The molecule has 0 spiro atoms. The summed E-state index contributed by atoms with van der Waals surface area (Å²) in [5.74, 6) is -1.84. The fourth-order valence-corrected chi connectivity index (χ4v) is 4.91. The lowest BCUT2D eigenvalue weighted by molar-refractivity contribution is -0.152. The van der Waals surface area contributed by atoms with Gasteiger partial charge in [-0.05, 0) is 43.6 Å². The molecule has 0 aromatic heterocycles. The van der Waals surface area contributed by atoms with Crippen LogP contribution in [-0.4, -0.2) is 75.9 Å². The minimum Gasteiger partial charge on any atom is -0.480 e. The van der Waals surface area contributed by atoms with Gasteiger partial charge in [0.15, 0.2) is 0 Å². The van der Waals surface area contributed by atoms with E-state index in [1.165, 1.54) is 9.80 Å². The van der Waals surface area contributed by atoms with E-state index in [4.69, 9.17) is 5.73 Å². The average Bonchev–Trinajstić information content (AvgIpc) is 3.48. The first-order chi connectivity index (χ1) is 16.2. The van der Waals surface area contributed by atoms with E-state index in [-0.39, 0.29) is 24.2 Å². The SMILES string of the molecule is CC(C)CC(N)C(=O)NC(Cc1ccccc1)C(=O)N1CCCC1C(=O)N1CCCC1C(=O)O. The second-order valence-electron chi connectivity index (χ2n) is 9.70. The zero-order chi connectivity index (χ0) is 24.8. The van der Waals surface area contributed by atoms with Crippen LogP contribution in [0.15, 0.2) is 30.3 Å². The summed E-state index contributed by atoms with van der Waals surface area (Å²) in [4.78, 5) is 54.2. The molecule has 4 atom stereocenters. The summed E-state index contributed by atoms with van der Waals surface area (Å²) < 4.78 is 0. The van der Waals surface area contributed by atoms with Crippen LogP contribution in [0.5, 0.6) is 0 Å². The largest absolute Gasteiger partial charge is 0.480 e. The van der Waals surface area contributed by atoms with Crippen LogP contribution in [0.25, 0.3) is 0 Å². The zero-order valence-corrected chi connectivity index (χ0v) is 20.0. The molecule has 4 N–H and O–H groups in total. The predicted molar refractivity (Wildman–Crippen MR) is 127 cm³/mol. The molecule has 1 aromatic carbocycles. The Morgan fingerprint density at radius 3 is 2.26 bits per heavy atom. The van der Waals surface area contributed by atoms with Crippen molar-refractivity contribution in [1.29, 1.82) is 0 Å². The standard InChI is InChI=1S/C25H36N4O5/c1-16(2)14-18(26)22(30)27-19(15-17-8-4-3-5-9-17)23(31)28-12-6-10-20(28)24(32)29-13-7-11-21(29)25(33)34/h3-5,8-9,16,18-21H,6-7,10-15,26H2,1-2H3,(H,27,30)(H,33,34). The Morgan fingerprint density at radius 2 is 1.65 bits per heavy atom. The van der Waals surface area contributed by atoms with Gasteiger partial charge in [-0.2, -0.15) is 0 Å². The van der Waals surface area contributed by atoms with Crippen molar-refractivity contribution in [3.8, 4) is 0 Å². The van der Waals surface area contributed by atoms with Crippen LogP contribution in [0.4, 0.5) is 0 Å². The second-order valence-corrected chi connectivity index (χ2v) is 9.70. The van der Waals surface area contributed by atoms with Crippen LogP contribution in [0.1, 0.15) is 51.5 Å². The maximum Gasteiger partial charge on any atom is 0.326 e. The molecule has 2 saturated heterocycles. The van der Waals surface area contributed by atoms with Crippen molar-refractivity contribution in [2.75, 3.05) is 13.1 Å². The number of amides is 3. The Bertz CT molecular complexity index is 891. The number of nitrogens with zero attached hydrogens (tertiary/aromatic N) is 2. The minimum atomic E-state index is -1.02. The Morgan fingerprint density at radius 1 is 1.03 bits per heavy atom. The van der Waals surface area contributed by atoms with E-state index < -0.39 is 36.0 Å². The Hall–Kier alpha value is -2.94. The molecule has 2 aliphatic heterocycles.